The summed E-state index contributed by atoms with van der Waals surface area (Å²) < 4.78 is 13.1. The van der Waals surface area contributed by atoms with Crippen LogP contribution in [0.4, 0.5) is 4.39 Å². The van der Waals surface area contributed by atoms with Gasteiger partial charge >= 0.3 is 0 Å². The summed E-state index contributed by atoms with van der Waals surface area (Å²) in [6.45, 7) is 5.29. The van der Waals surface area contributed by atoms with Gasteiger partial charge in [-0.2, -0.15) is 0 Å². The first-order valence-electron chi connectivity index (χ1n) is 6.94. The molecule has 0 spiro atoms. The largest absolute Gasteiger partial charge is 0.336 e. The second kappa shape index (κ2) is 4.93. The molecule has 1 aromatic rings. The van der Waals surface area contributed by atoms with Crippen LogP contribution in [-0.2, 0) is 0 Å². The molecule has 102 valence electrons. The van der Waals surface area contributed by atoms with E-state index in [1.807, 2.05) is 4.90 Å². The minimum Gasteiger partial charge on any atom is -0.336 e. The number of carbonyl (C=O) groups excluding carboxylic acids is 1. The summed E-state index contributed by atoms with van der Waals surface area (Å²) >= 11 is 0. The first-order valence-corrected chi connectivity index (χ1v) is 6.94. The molecule has 0 atom stereocenters. The minimum absolute atomic E-state index is 0.0351. The third-order valence-electron chi connectivity index (χ3n) is 4.08. The highest BCUT2D eigenvalue weighted by molar-refractivity contribution is 5.95. The molecule has 4 heteroatoms. The fourth-order valence-corrected chi connectivity index (χ4v) is 2.77. The van der Waals surface area contributed by atoms with Crippen LogP contribution in [0, 0.1) is 12.7 Å². The normalized spacial score (nSPS) is 20.6. The second-order valence-corrected chi connectivity index (χ2v) is 5.52. The molecule has 1 aromatic carbocycles. The lowest BCUT2D eigenvalue weighted by molar-refractivity contribution is 0.0626. The van der Waals surface area contributed by atoms with E-state index in [0.717, 1.165) is 37.8 Å². The summed E-state index contributed by atoms with van der Waals surface area (Å²) in [6.07, 6.45) is 2.62. The summed E-state index contributed by atoms with van der Waals surface area (Å²) in [5.41, 5.74) is 1.34. The molecular weight excluding hydrogens is 243 g/mol. The van der Waals surface area contributed by atoms with Gasteiger partial charge in [-0.05, 0) is 43.5 Å². The number of hydrogen-bond acceptors (Lipinski definition) is 2. The molecule has 3 rings (SSSR count). The Morgan fingerprint density at radius 3 is 2.47 bits per heavy atom. The van der Waals surface area contributed by atoms with Gasteiger partial charge in [0.05, 0.1) is 0 Å². The van der Waals surface area contributed by atoms with Crippen LogP contribution in [0.1, 0.15) is 28.8 Å². The highest BCUT2D eigenvalue weighted by atomic mass is 19.1. The van der Waals surface area contributed by atoms with Crippen LogP contribution in [0.3, 0.4) is 0 Å². The number of rotatable bonds is 2. The number of carbonyl (C=O) groups is 1. The number of benzene rings is 1. The molecule has 2 fully saturated rings. The van der Waals surface area contributed by atoms with Crippen LogP contribution in [0.25, 0.3) is 0 Å². The number of nitrogens with zero attached hydrogens (tertiary/aromatic N) is 2. The van der Waals surface area contributed by atoms with E-state index >= 15 is 0 Å². The van der Waals surface area contributed by atoms with E-state index in [9.17, 15) is 9.18 Å². The molecule has 1 saturated heterocycles. The first-order chi connectivity index (χ1) is 9.15. The van der Waals surface area contributed by atoms with Crippen molar-refractivity contribution < 1.29 is 9.18 Å². The molecule has 0 bridgehead atoms. The van der Waals surface area contributed by atoms with Gasteiger partial charge in [0, 0.05) is 37.8 Å². The van der Waals surface area contributed by atoms with Gasteiger partial charge < -0.3 is 4.90 Å². The highest BCUT2D eigenvalue weighted by Gasteiger charge is 2.32. The molecule has 0 aromatic heterocycles. The molecule has 1 aliphatic carbocycles. The Balaban J connectivity index is 1.67. The standard InChI is InChI=1S/C15H19FN2O/c1-11-10-12(16)2-5-14(11)15(19)18-8-6-17(7-9-18)13-3-4-13/h2,5,10,13H,3-4,6-9H2,1H3. The monoisotopic (exact) mass is 262 g/mol. The van der Waals surface area contributed by atoms with Crippen molar-refractivity contribution in [1.82, 2.24) is 9.80 Å². The molecule has 3 nitrogen and oxygen atoms in total. The topological polar surface area (TPSA) is 23.6 Å². The smallest absolute Gasteiger partial charge is 0.254 e. The molecule has 2 aliphatic rings. The molecule has 1 heterocycles. The van der Waals surface area contributed by atoms with Gasteiger partial charge in [-0.3, -0.25) is 9.69 Å². The zero-order chi connectivity index (χ0) is 13.4. The Kier molecular flexibility index (Phi) is 3.27. The van der Waals surface area contributed by atoms with E-state index < -0.39 is 0 Å². The van der Waals surface area contributed by atoms with Crippen molar-refractivity contribution >= 4 is 5.91 Å². The van der Waals surface area contributed by atoms with E-state index in [1.165, 1.54) is 25.0 Å². The van der Waals surface area contributed by atoms with Crippen LogP contribution >= 0.6 is 0 Å². The summed E-state index contributed by atoms with van der Waals surface area (Å²) in [6, 6.07) is 5.15. The van der Waals surface area contributed by atoms with Crippen LogP contribution in [0.5, 0.6) is 0 Å². The summed E-state index contributed by atoms with van der Waals surface area (Å²) in [5, 5.41) is 0. The lowest BCUT2D eigenvalue weighted by atomic mass is 10.1. The van der Waals surface area contributed by atoms with Crippen molar-refractivity contribution in [1.29, 1.82) is 0 Å². The Labute approximate surface area is 113 Å². The van der Waals surface area contributed by atoms with Crippen molar-refractivity contribution in [2.45, 2.75) is 25.8 Å². The maximum Gasteiger partial charge on any atom is 0.254 e. The van der Waals surface area contributed by atoms with Gasteiger partial charge in [-0.25, -0.2) is 4.39 Å². The zero-order valence-corrected chi connectivity index (χ0v) is 11.2. The molecule has 0 N–H and O–H groups in total. The number of piperazine rings is 1. The van der Waals surface area contributed by atoms with Gasteiger partial charge in [0.25, 0.3) is 5.91 Å². The average Bonchev–Trinajstić information content (AvgIpc) is 3.22. The lowest BCUT2D eigenvalue weighted by Gasteiger charge is -2.35. The van der Waals surface area contributed by atoms with Crippen molar-refractivity contribution in [2.24, 2.45) is 0 Å². The molecule has 1 amide bonds. The molecule has 0 radical (unpaired) electrons. The molecule has 1 saturated carbocycles. The summed E-state index contributed by atoms with van der Waals surface area (Å²) in [7, 11) is 0. The minimum atomic E-state index is -0.285. The number of hydrogen-bond donors (Lipinski definition) is 0. The number of aryl methyl sites for hydroxylation is 1. The van der Waals surface area contributed by atoms with E-state index in [-0.39, 0.29) is 11.7 Å². The van der Waals surface area contributed by atoms with Crippen molar-refractivity contribution in [3.8, 4) is 0 Å². The van der Waals surface area contributed by atoms with Crippen molar-refractivity contribution in [2.75, 3.05) is 26.2 Å². The van der Waals surface area contributed by atoms with Crippen LogP contribution in [0.2, 0.25) is 0 Å². The third-order valence-corrected chi connectivity index (χ3v) is 4.08. The van der Waals surface area contributed by atoms with Crippen molar-refractivity contribution in [3.05, 3.63) is 35.1 Å². The van der Waals surface area contributed by atoms with E-state index in [1.54, 1.807) is 13.0 Å². The second-order valence-electron chi connectivity index (χ2n) is 5.52. The van der Waals surface area contributed by atoms with Gasteiger partial charge in [0.1, 0.15) is 5.82 Å². The Hall–Kier alpha value is -1.42. The summed E-state index contributed by atoms with van der Waals surface area (Å²) in [5.74, 6) is -0.249. The average molecular weight is 262 g/mol. The Bertz CT molecular complexity index is 491. The molecule has 1 aliphatic heterocycles. The molecule has 19 heavy (non-hydrogen) atoms. The summed E-state index contributed by atoms with van der Waals surface area (Å²) in [4.78, 5) is 16.8. The highest BCUT2D eigenvalue weighted by Crippen LogP contribution is 2.27. The van der Waals surface area contributed by atoms with Crippen LogP contribution in [-0.4, -0.2) is 47.9 Å². The fourth-order valence-electron chi connectivity index (χ4n) is 2.77. The van der Waals surface area contributed by atoms with Gasteiger partial charge in [-0.15, -0.1) is 0 Å². The number of halogens is 1. The lowest BCUT2D eigenvalue weighted by Crippen LogP contribution is -2.49. The Morgan fingerprint density at radius 2 is 1.89 bits per heavy atom. The van der Waals surface area contributed by atoms with Crippen molar-refractivity contribution in [3.63, 3.8) is 0 Å². The number of amides is 1. The zero-order valence-electron chi connectivity index (χ0n) is 11.2. The molecular formula is C15H19FN2O. The van der Waals surface area contributed by atoms with Gasteiger partial charge in [0.15, 0.2) is 0 Å². The SMILES string of the molecule is Cc1cc(F)ccc1C(=O)N1CCN(C2CC2)CC1. The van der Waals surface area contributed by atoms with E-state index in [2.05, 4.69) is 4.90 Å². The molecule has 0 unspecified atom stereocenters. The maximum absolute atomic E-state index is 13.1. The van der Waals surface area contributed by atoms with Crippen LogP contribution < -0.4 is 0 Å². The predicted molar refractivity (Wildman–Crippen MR) is 71.6 cm³/mol. The Morgan fingerprint density at radius 1 is 1.21 bits per heavy atom. The quantitative estimate of drug-likeness (QED) is 0.814. The van der Waals surface area contributed by atoms with E-state index in [0.29, 0.717) is 5.56 Å². The maximum atomic E-state index is 13.1. The van der Waals surface area contributed by atoms with Crippen LogP contribution in [0.15, 0.2) is 18.2 Å². The van der Waals surface area contributed by atoms with Gasteiger partial charge in [0.2, 0.25) is 0 Å². The predicted octanol–water partition coefficient (Wildman–Crippen LogP) is 2.05. The third kappa shape index (κ3) is 2.63. The first kappa shape index (κ1) is 12.6. The fraction of sp³-hybridized carbons (Fsp3) is 0.533. The van der Waals surface area contributed by atoms with Gasteiger partial charge in [-0.1, -0.05) is 0 Å². The van der Waals surface area contributed by atoms with E-state index in [4.69, 9.17) is 0 Å².